The molecule has 2 aromatic heterocycles. The summed E-state index contributed by atoms with van der Waals surface area (Å²) >= 11 is 0. The molecule has 1 saturated heterocycles. The molecular formula is C16H16N4O2. The van der Waals surface area contributed by atoms with Gasteiger partial charge in [-0.15, -0.1) is 0 Å². The molecule has 1 aliphatic heterocycles. The van der Waals surface area contributed by atoms with Crippen LogP contribution in [0.5, 0.6) is 0 Å². The average molecular weight is 296 g/mol. The van der Waals surface area contributed by atoms with Crippen molar-refractivity contribution in [2.45, 2.75) is 25.8 Å². The van der Waals surface area contributed by atoms with Crippen LogP contribution in [0.25, 0.3) is 10.9 Å². The van der Waals surface area contributed by atoms with Crippen LogP contribution in [0.4, 0.5) is 0 Å². The third-order valence-electron chi connectivity index (χ3n) is 4.20. The molecule has 1 N–H and O–H groups in total. The lowest BCUT2D eigenvalue weighted by molar-refractivity contribution is 0.0716. The highest BCUT2D eigenvalue weighted by Crippen LogP contribution is 2.34. The van der Waals surface area contributed by atoms with Crippen LogP contribution < -0.4 is 0 Å². The van der Waals surface area contributed by atoms with Crippen molar-refractivity contribution in [3.63, 3.8) is 0 Å². The van der Waals surface area contributed by atoms with Crippen LogP contribution in [0.2, 0.25) is 0 Å². The van der Waals surface area contributed by atoms with Crippen LogP contribution in [0, 0.1) is 6.92 Å². The fourth-order valence-electron chi connectivity index (χ4n) is 3.15. The summed E-state index contributed by atoms with van der Waals surface area (Å²) in [7, 11) is 0. The summed E-state index contributed by atoms with van der Waals surface area (Å²) < 4.78 is 5.37. The molecule has 3 aromatic rings. The fourth-order valence-corrected chi connectivity index (χ4v) is 3.15. The first-order valence-corrected chi connectivity index (χ1v) is 7.40. The van der Waals surface area contributed by atoms with Crippen molar-refractivity contribution in [1.82, 2.24) is 20.3 Å². The van der Waals surface area contributed by atoms with Gasteiger partial charge >= 0.3 is 0 Å². The van der Waals surface area contributed by atoms with Crippen LogP contribution in [0.1, 0.15) is 40.7 Å². The third kappa shape index (κ3) is 1.99. The second-order valence-electron chi connectivity index (χ2n) is 5.67. The number of aromatic nitrogens is 3. The van der Waals surface area contributed by atoms with Gasteiger partial charge in [0.2, 0.25) is 0 Å². The first-order valence-electron chi connectivity index (χ1n) is 7.40. The van der Waals surface area contributed by atoms with Crippen molar-refractivity contribution >= 4 is 16.8 Å². The van der Waals surface area contributed by atoms with Gasteiger partial charge in [-0.25, -0.2) is 0 Å². The number of aromatic amines is 1. The number of carbonyl (C=O) groups is 1. The molecule has 1 aliphatic rings. The summed E-state index contributed by atoms with van der Waals surface area (Å²) in [5.74, 6) is 0.770. The minimum Gasteiger partial charge on any atom is -0.359 e. The predicted octanol–water partition coefficient (Wildman–Crippen LogP) is 2.84. The number of aryl methyl sites for hydroxylation is 1. The van der Waals surface area contributed by atoms with Crippen LogP contribution in [-0.2, 0) is 0 Å². The summed E-state index contributed by atoms with van der Waals surface area (Å²) in [6.07, 6.45) is 3.60. The molecule has 6 heteroatoms. The Morgan fingerprint density at radius 1 is 1.45 bits per heavy atom. The molecule has 0 radical (unpaired) electrons. The van der Waals surface area contributed by atoms with Crippen molar-refractivity contribution in [1.29, 1.82) is 0 Å². The van der Waals surface area contributed by atoms with E-state index in [4.69, 9.17) is 4.52 Å². The highest BCUT2D eigenvalue weighted by atomic mass is 16.5. The molecule has 1 amide bonds. The molecule has 1 aromatic carbocycles. The monoisotopic (exact) mass is 296 g/mol. The Kier molecular flexibility index (Phi) is 2.96. The number of para-hydroxylation sites is 1. The van der Waals surface area contributed by atoms with E-state index in [9.17, 15) is 4.79 Å². The van der Waals surface area contributed by atoms with E-state index >= 15 is 0 Å². The molecule has 112 valence electrons. The minimum atomic E-state index is -0.0353. The summed E-state index contributed by atoms with van der Waals surface area (Å²) in [5, 5.41) is 11.8. The van der Waals surface area contributed by atoms with E-state index in [0.29, 0.717) is 5.56 Å². The first kappa shape index (κ1) is 13.1. The molecular weight excluding hydrogens is 280 g/mol. The van der Waals surface area contributed by atoms with Gasteiger partial charge in [0, 0.05) is 18.0 Å². The number of nitrogens with one attached hydrogen (secondary N) is 1. The van der Waals surface area contributed by atoms with E-state index in [2.05, 4.69) is 15.4 Å². The Labute approximate surface area is 127 Å². The maximum atomic E-state index is 13.0. The van der Waals surface area contributed by atoms with Gasteiger partial charge in [-0.3, -0.25) is 9.89 Å². The van der Waals surface area contributed by atoms with Crippen molar-refractivity contribution in [2.24, 2.45) is 0 Å². The number of rotatable bonds is 2. The van der Waals surface area contributed by atoms with Crippen LogP contribution in [0.3, 0.4) is 0 Å². The Balaban J connectivity index is 1.71. The van der Waals surface area contributed by atoms with Gasteiger partial charge in [0.25, 0.3) is 5.91 Å². The van der Waals surface area contributed by atoms with Crippen molar-refractivity contribution in [2.75, 3.05) is 6.54 Å². The average Bonchev–Trinajstić information content (AvgIpc) is 3.25. The second-order valence-corrected chi connectivity index (χ2v) is 5.67. The van der Waals surface area contributed by atoms with Crippen LogP contribution >= 0.6 is 0 Å². The van der Waals surface area contributed by atoms with Crippen molar-refractivity contribution in [3.8, 4) is 0 Å². The van der Waals surface area contributed by atoms with E-state index in [-0.39, 0.29) is 11.9 Å². The molecule has 6 nitrogen and oxygen atoms in total. The topological polar surface area (TPSA) is 75.0 Å². The van der Waals surface area contributed by atoms with E-state index in [1.807, 2.05) is 36.1 Å². The van der Waals surface area contributed by atoms with Gasteiger partial charge in [0.05, 0.1) is 29.0 Å². The number of hydrogen-bond donors (Lipinski definition) is 1. The summed E-state index contributed by atoms with van der Waals surface area (Å²) in [6.45, 7) is 2.62. The number of fused-ring (bicyclic) bond motifs is 1. The summed E-state index contributed by atoms with van der Waals surface area (Å²) in [6, 6.07) is 7.54. The molecule has 4 rings (SSSR count). The molecule has 0 aliphatic carbocycles. The molecule has 0 bridgehead atoms. The number of carbonyl (C=O) groups excluding carboxylic acids is 1. The lowest BCUT2D eigenvalue weighted by Gasteiger charge is -2.22. The standard InChI is InChI=1S/C16H16N4O2/c1-10-8-14(22-19-10)13-6-3-7-20(13)16(21)12-5-2-4-11-9-17-18-15(11)12/h2,4-5,8-9,13H,3,6-7H2,1H3,(H,17,18)/t13-/m1/s1. The molecule has 1 atom stereocenters. The Hall–Kier alpha value is -2.63. The lowest BCUT2D eigenvalue weighted by atomic mass is 10.1. The highest BCUT2D eigenvalue weighted by Gasteiger charge is 2.33. The van der Waals surface area contributed by atoms with Crippen LogP contribution in [-0.4, -0.2) is 32.7 Å². The third-order valence-corrected chi connectivity index (χ3v) is 4.20. The maximum absolute atomic E-state index is 13.0. The normalized spacial score (nSPS) is 18.2. The lowest BCUT2D eigenvalue weighted by Crippen LogP contribution is -2.30. The van der Waals surface area contributed by atoms with Crippen molar-refractivity contribution < 1.29 is 9.32 Å². The Bertz CT molecular complexity index is 835. The second kappa shape index (κ2) is 4.98. The number of likely N-dealkylation sites (tertiary alicyclic amines) is 1. The van der Waals surface area contributed by atoms with Gasteiger partial charge in [-0.2, -0.15) is 5.10 Å². The first-order chi connectivity index (χ1) is 10.7. The minimum absolute atomic E-state index is 0.00593. The molecule has 0 unspecified atom stereocenters. The van der Waals surface area contributed by atoms with Gasteiger partial charge in [0.1, 0.15) is 0 Å². The number of nitrogens with zero attached hydrogens (tertiary/aromatic N) is 3. The van der Waals surface area contributed by atoms with Gasteiger partial charge in [-0.1, -0.05) is 17.3 Å². The maximum Gasteiger partial charge on any atom is 0.256 e. The van der Waals surface area contributed by atoms with Gasteiger partial charge in [0.15, 0.2) is 5.76 Å². The molecule has 0 saturated carbocycles. The number of benzene rings is 1. The van der Waals surface area contributed by atoms with Gasteiger partial charge < -0.3 is 9.42 Å². The zero-order valence-corrected chi connectivity index (χ0v) is 12.2. The Morgan fingerprint density at radius 3 is 3.18 bits per heavy atom. The Morgan fingerprint density at radius 2 is 2.36 bits per heavy atom. The largest absolute Gasteiger partial charge is 0.359 e. The van der Waals surface area contributed by atoms with E-state index in [1.165, 1.54) is 0 Å². The van der Waals surface area contributed by atoms with E-state index in [0.717, 1.165) is 41.7 Å². The predicted molar refractivity (Wildman–Crippen MR) is 80.3 cm³/mol. The molecule has 22 heavy (non-hydrogen) atoms. The zero-order chi connectivity index (χ0) is 15.1. The molecule has 1 fully saturated rings. The fraction of sp³-hybridized carbons (Fsp3) is 0.312. The quantitative estimate of drug-likeness (QED) is 0.789. The molecule has 0 spiro atoms. The number of H-pyrrole nitrogens is 1. The highest BCUT2D eigenvalue weighted by molar-refractivity contribution is 6.05. The van der Waals surface area contributed by atoms with E-state index < -0.39 is 0 Å². The SMILES string of the molecule is Cc1cc([C@H]2CCCN2C(=O)c2cccc3cn[nH]c23)on1. The smallest absolute Gasteiger partial charge is 0.256 e. The number of amides is 1. The van der Waals surface area contributed by atoms with Gasteiger partial charge in [-0.05, 0) is 25.8 Å². The number of hydrogen-bond acceptors (Lipinski definition) is 4. The van der Waals surface area contributed by atoms with E-state index in [1.54, 1.807) is 6.20 Å². The van der Waals surface area contributed by atoms with Crippen molar-refractivity contribution in [3.05, 3.63) is 47.5 Å². The summed E-state index contributed by atoms with van der Waals surface area (Å²) in [5.41, 5.74) is 2.27. The summed E-state index contributed by atoms with van der Waals surface area (Å²) in [4.78, 5) is 14.8. The van der Waals surface area contributed by atoms with Crippen LogP contribution in [0.15, 0.2) is 35.0 Å². The molecule has 3 heterocycles. The zero-order valence-electron chi connectivity index (χ0n) is 12.2.